The van der Waals surface area contributed by atoms with Crippen LogP contribution in [0.1, 0.15) is 6.92 Å². The SMILES string of the molecule is C=C(Br)CNCCS(=O)(=O)CC. The number of halogens is 1. The Morgan fingerprint density at radius 1 is 1.58 bits per heavy atom. The monoisotopic (exact) mass is 255 g/mol. The topological polar surface area (TPSA) is 46.2 Å². The van der Waals surface area contributed by atoms with Gasteiger partial charge in [0.2, 0.25) is 0 Å². The molecule has 0 radical (unpaired) electrons. The highest BCUT2D eigenvalue weighted by molar-refractivity contribution is 9.11. The molecular weight excluding hydrogens is 242 g/mol. The Hall–Kier alpha value is 0.130. The summed E-state index contributed by atoms with van der Waals surface area (Å²) >= 11 is 3.17. The summed E-state index contributed by atoms with van der Waals surface area (Å²) in [5.74, 6) is 0.410. The molecule has 0 bridgehead atoms. The average molecular weight is 256 g/mol. The highest BCUT2D eigenvalue weighted by atomic mass is 79.9. The minimum absolute atomic E-state index is 0.198. The summed E-state index contributed by atoms with van der Waals surface area (Å²) in [6.07, 6.45) is 0. The van der Waals surface area contributed by atoms with Crippen molar-refractivity contribution in [3.63, 3.8) is 0 Å². The quantitative estimate of drug-likeness (QED) is 0.719. The number of nitrogens with one attached hydrogen (secondary N) is 1. The smallest absolute Gasteiger partial charge is 0.151 e. The Bertz CT molecular complexity index is 236. The molecular formula is C7H14BrNO2S. The van der Waals surface area contributed by atoms with Crippen molar-refractivity contribution in [2.45, 2.75) is 6.92 Å². The van der Waals surface area contributed by atoms with E-state index in [2.05, 4.69) is 27.8 Å². The maximum atomic E-state index is 11.0. The molecule has 0 heterocycles. The van der Waals surface area contributed by atoms with Gasteiger partial charge in [0.15, 0.2) is 9.84 Å². The maximum Gasteiger partial charge on any atom is 0.151 e. The second-order valence-corrected chi connectivity index (χ2v) is 6.02. The van der Waals surface area contributed by atoms with Gasteiger partial charge in [0.05, 0.1) is 5.75 Å². The molecule has 0 fully saturated rings. The molecule has 72 valence electrons. The van der Waals surface area contributed by atoms with Crippen LogP contribution in [0.2, 0.25) is 0 Å². The molecule has 0 atom stereocenters. The zero-order valence-corrected chi connectivity index (χ0v) is 9.54. The molecule has 0 rings (SSSR count). The summed E-state index contributed by atoms with van der Waals surface area (Å²) in [4.78, 5) is 0. The summed E-state index contributed by atoms with van der Waals surface area (Å²) in [6, 6.07) is 0. The van der Waals surface area contributed by atoms with Crippen LogP contribution >= 0.6 is 15.9 Å². The van der Waals surface area contributed by atoms with Crippen LogP contribution in [0.3, 0.4) is 0 Å². The van der Waals surface area contributed by atoms with E-state index >= 15 is 0 Å². The van der Waals surface area contributed by atoms with E-state index in [9.17, 15) is 8.42 Å². The molecule has 1 N–H and O–H groups in total. The molecule has 0 amide bonds. The van der Waals surface area contributed by atoms with E-state index in [1.54, 1.807) is 6.92 Å². The predicted octanol–water partition coefficient (Wildman–Crippen LogP) is 0.919. The second-order valence-electron chi connectivity index (χ2n) is 2.43. The molecule has 0 aromatic heterocycles. The molecule has 5 heteroatoms. The van der Waals surface area contributed by atoms with Crippen molar-refractivity contribution >= 4 is 25.8 Å². The fourth-order valence-corrected chi connectivity index (χ4v) is 1.54. The molecule has 0 aliphatic rings. The molecule has 0 aliphatic heterocycles. The minimum atomic E-state index is -2.82. The largest absolute Gasteiger partial charge is 0.311 e. The Balaban J connectivity index is 3.51. The van der Waals surface area contributed by atoms with Crippen LogP contribution in [0, 0.1) is 0 Å². The van der Waals surface area contributed by atoms with Gasteiger partial charge in [-0.3, -0.25) is 0 Å². The Kier molecular flexibility index (Phi) is 5.78. The van der Waals surface area contributed by atoms with E-state index in [4.69, 9.17) is 0 Å². The summed E-state index contributed by atoms with van der Waals surface area (Å²) in [7, 11) is -2.82. The molecule has 0 aromatic carbocycles. The van der Waals surface area contributed by atoms with Gasteiger partial charge in [-0.1, -0.05) is 29.4 Å². The summed E-state index contributed by atoms with van der Waals surface area (Å²) in [5, 5.41) is 2.95. The van der Waals surface area contributed by atoms with Gasteiger partial charge in [0.1, 0.15) is 0 Å². The number of sulfone groups is 1. The lowest BCUT2D eigenvalue weighted by Gasteiger charge is -2.02. The van der Waals surface area contributed by atoms with Crippen LogP contribution in [-0.2, 0) is 9.84 Å². The number of hydrogen-bond donors (Lipinski definition) is 1. The first-order valence-electron chi connectivity index (χ1n) is 3.72. The van der Waals surface area contributed by atoms with E-state index in [1.807, 2.05) is 0 Å². The van der Waals surface area contributed by atoms with Crippen molar-refractivity contribution in [3.8, 4) is 0 Å². The maximum absolute atomic E-state index is 11.0. The summed E-state index contributed by atoms with van der Waals surface area (Å²) in [5.41, 5.74) is 0. The molecule has 0 aromatic rings. The molecule has 0 spiro atoms. The van der Waals surface area contributed by atoms with Crippen LogP contribution in [0.5, 0.6) is 0 Å². The third-order valence-electron chi connectivity index (χ3n) is 1.35. The van der Waals surface area contributed by atoms with Crippen molar-refractivity contribution in [1.82, 2.24) is 5.32 Å². The lowest BCUT2D eigenvalue weighted by atomic mass is 10.6. The molecule has 12 heavy (non-hydrogen) atoms. The third-order valence-corrected chi connectivity index (χ3v) is 3.33. The molecule has 3 nitrogen and oxygen atoms in total. The summed E-state index contributed by atoms with van der Waals surface area (Å²) < 4.78 is 22.8. The van der Waals surface area contributed by atoms with Crippen molar-refractivity contribution < 1.29 is 8.42 Å². The fourth-order valence-electron chi connectivity index (χ4n) is 0.596. The zero-order valence-electron chi connectivity index (χ0n) is 7.14. The average Bonchev–Trinajstić information content (AvgIpc) is 1.98. The van der Waals surface area contributed by atoms with E-state index in [1.165, 1.54) is 0 Å². The third kappa shape index (κ3) is 6.82. The Morgan fingerprint density at radius 2 is 2.17 bits per heavy atom. The zero-order chi connectivity index (χ0) is 9.61. The van der Waals surface area contributed by atoms with Crippen LogP contribution in [0.15, 0.2) is 11.1 Å². The second kappa shape index (κ2) is 5.72. The fraction of sp³-hybridized carbons (Fsp3) is 0.714. The van der Waals surface area contributed by atoms with Crippen molar-refractivity contribution in [3.05, 3.63) is 11.1 Å². The van der Waals surface area contributed by atoms with E-state index in [0.29, 0.717) is 13.1 Å². The van der Waals surface area contributed by atoms with Gasteiger partial charge in [-0.15, -0.1) is 0 Å². The lowest BCUT2D eigenvalue weighted by molar-refractivity contribution is 0.594. The van der Waals surface area contributed by atoms with Gasteiger partial charge in [0.25, 0.3) is 0 Å². The lowest BCUT2D eigenvalue weighted by Crippen LogP contribution is -2.24. The molecule has 0 unspecified atom stereocenters. The van der Waals surface area contributed by atoms with Gasteiger partial charge in [-0.05, 0) is 0 Å². The Morgan fingerprint density at radius 3 is 2.58 bits per heavy atom. The number of rotatable bonds is 6. The van der Waals surface area contributed by atoms with Crippen LogP contribution in [0.4, 0.5) is 0 Å². The van der Waals surface area contributed by atoms with E-state index in [-0.39, 0.29) is 11.5 Å². The predicted molar refractivity (Wildman–Crippen MR) is 55.3 cm³/mol. The first kappa shape index (κ1) is 12.1. The minimum Gasteiger partial charge on any atom is -0.311 e. The highest BCUT2D eigenvalue weighted by Gasteiger charge is 2.05. The molecule has 0 saturated heterocycles. The summed E-state index contributed by atoms with van der Waals surface area (Å²) in [6.45, 7) is 6.36. The van der Waals surface area contributed by atoms with E-state index in [0.717, 1.165) is 4.48 Å². The first-order chi connectivity index (χ1) is 5.48. The van der Waals surface area contributed by atoms with Gasteiger partial charge >= 0.3 is 0 Å². The van der Waals surface area contributed by atoms with Crippen molar-refractivity contribution in [2.24, 2.45) is 0 Å². The Labute approximate surface area is 82.3 Å². The van der Waals surface area contributed by atoms with Gasteiger partial charge in [-0.2, -0.15) is 0 Å². The van der Waals surface area contributed by atoms with Crippen LogP contribution in [0.25, 0.3) is 0 Å². The molecule has 0 saturated carbocycles. The van der Waals surface area contributed by atoms with Gasteiger partial charge in [-0.25, -0.2) is 8.42 Å². The van der Waals surface area contributed by atoms with Gasteiger partial charge in [0, 0.05) is 23.3 Å². The van der Waals surface area contributed by atoms with Gasteiger partial charge < -0.3 is 5.32 Å². The molecule has 0 aliphatic carbocycles. The van der Waals surface area contributed by atoms with Crippen molar-refractivity contribution in [2.75, 3.05) is 24.6 Å². The van der Waals surface area contributed by atoms with Crippen LogP contribution < -0.4 is 5.32 Å². The van der Waals surface area contributed by atoms with E-state index < -0.39 is 9.84 Å². The highest BCUT2D eigenvalue weighted by Crippen LogP contribution is 1.96. The number of hydrogen-bond acceptors (Lipinski definition) is 3. The van der Waals surface area contributed by atoms with Crippen LogP contribution in [-0.4, -0.2) is 33.0 Å². The standard InChI is InChI=1S/C7H14BrNO2S/c1-3-12(10,11)5-4-9-6-7(2)8/h9H,2-6H2,1H3. The normalized spacial score (nSPS) is 11.5. The van der Waals surface area contributed by atoms with Crippen molar-refractivity contribution in [1.29, 1.82) is 0 Å². The first-order valence-corrected chi connectivity index (χ1v) is 6.34.